The highest BCUT2D eigenvalue weighted by molar-refractivity contribution is 7.99. The number of para-hydroxylation sites is 1. The average molecular weight is 421 g/mol. The summed E-state index contributed by atoms with van der Waals surface area (Å²) >= 11 is 7.30. The summed E-state index contributed by atoms with van der Waals surface area (Å²) in [5.41, 5.74) is 0.565. The van der Waals surface area contributed by atoms with Gasteiger partial charge in [0.05, 0.1) is 16.5 Å². The Bertz CT molecular complexity index is 965. The van der Waals surface area contributed by atoms with E-state index in [9.17, 15) is 9.18 Å². The molecule has 1 heterocycles. The number of carbonyl (C=O) groups excluding carboxylic acids is 1. The third-order valence-corrected chi connectivity index (χ3v) is 5.19. The standard InChI is InChI=1S/C19H18ClFN4O2S/c1-12(27-14-9-7-13(21)8-10-14)18-23-24-19(25(18)2)28-11-17(26)22-16-6-4-3-5-15(16)20/h3-10,12H,11H2,1-2H3,(H,22,26). The van der Waals surface area contributed by atoms with Gasteiger partial charge < -0.3 is 14.6 Å². The van der Waals surface area contributed by atoms with E-state index in [4.69, 9.17) is 16.3 Å². The van der Waals surface area contributed by atoms with Crippen molar-refractivity contribution in [3.63, 3.8) is 0 Å². The Morgan fingerprint density at radius 2 is 1.96 bits per heavy atom. The lowest BCUT2D eigenvalue weighted by Gasteiger charge is -2.14. The molecule has 0 radical (unpaired) electrons. The minimum atomic E-state index is -0.394. The number of nitrogens with zero attached hydrogens (tertiary/aromatic N) is 3. The van der Waals surface area contributed by atoms with Gasteiger partial charge in [0, 0.05) is 7.05 Å². The molecule has 9 heteroatoms. The summed E-state index contributed by atoms with van der Waals surface area (Å²) in [6.45, 7) is 1.83. The predicted octanol–water partition coefficient (Wildman–Crippen LogP) is 4.48. The van der Waals surface area contributed by atoms with Crippen molar-refractivity contribution in [2.24, 2.45) is 7.05 Å². The lowest BCUT2D eigenvalue weighted by Crippen LogP contribution is -2.15. The molecule has 0 saturated carbocycles. The van der Waals surface area contributed by atoms with Crippen molar-refractivity contribution in [3.05, 3.63) is 65.2 Å². The molecular formula is C19H18ClFN4O2S. The monoisotopic (exact) mass is 420 g/mol. The van der Waals surface area contributed by atoms with E-state index >= 15 is 0 Å². The molecule has 28 heavy (non-hydrogen) atoms. The number of anilines is 1. The molecule has 0 aliphatic carbocycles. The maximum atomic E-state index is 13.0. The van der Waals surface area contributed by atoms with Gasteiger partial charge >= 0.3 is 0 Å². The highest BCUT2D eigenvalue weighted by Crippen LogP contribution is 2.25. The molecule has 146 valence electrons. The summed E-state index contributed by atoms with van der Waals surface area (Å²) in [7, 11) is 1.80. The predicted molar refractivity (Wildman–Crippen MR) is 107 cm³/mol. The first-order valence-corrected chi connectivity index (χ1v) is 9.79. The Balaban J connectivity index is 1.58. The van der Waals surface area contributed by atoms with Crippen molar-refractivity contribution in [2.75, 3.05) is 11.1 Å². The van der Waals surface area contributed by atoms with Crippen LogP contribution in [0.25, 0.3) is 0 Å². The number of halogens is 2. The van der Waals surface area contributed by atoms with Crippen LogP contribution in [0.4, 0.5) is 10.1 Å². The summed E-state index contributed by atoms with van der Waals surface area (Å²) in [6, 6.07) is 12.8. The molecule has 0 aliphatic rings. The number of carbonyl (C=O) groups is 1. The third kappa shape index (κ3) is 5.02. The first-order valence-electron chi connectivity index (χ1n) is 8.42. The normalized spacial score (nSPS) is 11.9. The zero-order valence-electron chi connectivity index (χ0n) is 15.2. The highest BCUT2D eigenvalue weighted by Gasteiger charge is 2.18. The smallest absolute Gasteiger partial charge is 0.234 e. The van der Waals surface area contributed by atoms with Gasteiger partial charge in [-0.2, -0.15) is 0 Å². The van der Waals surface area contributed by atoms with E-state index in [2.05, 4.69) is 15.5 Å². The fourth-order valence-electron chi connectivity index (χ4n) is 2.45. The van der Waals surface area contributed by atoms with Crippen LogP contribution in [0.5, 0.6) is 5.75 Å². The second kappa shape index (κ2) is 9.07. The van der Waals surface area contributed by atoms with E-state index in [0.717, 1.165) is 0 Å². The molecule has 3 rings (SSSR count). The van der Waals surface area contributed by atoms with Gasteiger partial charge in [0.2, 0.25) is 5.91 Å². The summed E-state index contributed by atoms with van der Waals surface area (Å²) < 4.78 is 20.5. The van der Waals surface area contributed by atoms with E-state index in [1.165, 1.54) is 23.9 Å². The SMILES string of the molecule is CC(Oc1ccc(F)cc1)c1nnc(SCC(=O)Nc2ccccc2Cl)n1C. The molecule has 1 N–H and O–H groups in total. The van der Waals surface area contributed by atoms with Crippen LogP contribution in [-0.4, -0.2) is 26.4 Å². The number of thioether (sulfide) groups is 1. The van der Waals surface area contributed by atoms with Gasteiger partial charge in [-0.05, 0) is 43.3 Å². The van der Waals surface area contributed by atoms with Crippen molar-refractivity contribution < 1.29 is 13.9 Å². The maximum absolute atomic E-state index is 13.0. The molecule has 0 saturated heterocycles. The quantitative estimate of drug-likeness (QED) is 0.571. The van der Waals surface area contributed by atoms with Crippen LogP contribution in [0, 0.1) is 5.82 Å². The van der Waals surface area contributed by atoms with Crippen LogP contribution in [0.15, 0.2) is 53.7 Å². The Kier molecular flexibility index (Phi) is 6.53. The molecule has 6 nitrogen and oxygen atoms in total. The molecule has 3 aromatic rings. The summed E-state index contributed by atoms with van der Waals surface area (Å²) in [4.78, 5) is 12.2. The number of benzene rings is 2. The van der Waals surface area contributed by atoms with Gasteiger partial charge in [0.1, 0.15) is 11.6 Å². The first kappa shape index (κ1) is 20.2. The lowest BCUT2D eigenvalue weighted by molar-refractivity contribution is -0.113. The number of hydrogen-bond acceptors (Lipinski definition) is 5. The molecule has 1 unspecified atom stereocenters. The van der Waals surface area contributed by atoms with Crippen LogP contribution in [0.1, 0.15) is 18.9 Å². The van der Waals surface area contributed by atoms with Crippen LogP contribution < -0.4 is 10.1 Å². The molecule has 0 spiro atoms. The molecule has 2 aromatic carbocycles. The third-order valence-electron chi connectivity index (χ3n) is 3.84. The Morgan fingerprint density at radius 1 is 1.25 bits per heavy atom. The van der Waals surface area contributed by atoms with Crippen LogP contribution in [0.3, 0.4) is 0 Å². The summed E-state index contributed by atoms with van der Waals surface area (Å²) in [5, 5.41) is 12.1. The van der Waals surface area contributed by atoms with E-state index in [1.54, 1.807) is 48.0 Å². The maximum Gasteiger partial charge on any atom is 0.234 e. The molecule has 0 bridgehead atoms. The second-order valence-corrected chi connectivity index (χ2v) is 7.28. The summed E-state index contributed by atoms with van der Waals surface area (Å²) in [5.74, 6) is 0.763. The van der Waals surface area contributed by atoms with Crippen molar-refractivity contribution in [1.82, 2.24) is 14.8 Å². The van der Waals surface area contributed by atoms with Gasteiger partial charge in [-0.3, -0.25) is 4.79 Å². The number of amides is 1. The van der Waals surface area contributed by atoms with Gasteiger partial charge in [-0.25, -0.2) is 4.39 Å². The van der Waals surface area contributed by atoms with Crippen molar-refractivity contribution in [2.45, 2.75) is 18.2 Å². The zero-order chi connectivity index (χ0) is 20.1. The van der Waals surface area contributed by atoms with Crippen LogP contribution >= 0.6 is 23.4 Å². The van der Waals surface area contributed by atoms with Crippen molar-refractivity contribution >= 4 is 35.0 Å². The average Bonchev–Trinajstić information content (AvgIpc) is 3.04. The number of rotatable bonds is 7. The van der Waals surface area contributed by atoms with Gasteiger partial charge in [-0.15, -0.1) is 10.2 Å². The Morgan fingerprint density at radius 3 is 2.68 bits per heavy atom. The first-order chi connectivity index (χ1) is 13.4. The van der Waals surface area contributed by atoms with E-state index in [1.807, 2.05) is 6.92 Å². The molecule has 0 aliphatic heterocycles. The number of hydrogen-bond donors (Lipinski definition) is 1. The van der Waals surface area contributed by atoms with Crippen molar-refractivity contribution in [3.8, 4) is 5.75 Å². The minimum absolute atomic E-state index is 0.157. The van der Waals surface area contributed by atoms with Crippen LogP contribution in [0.2, 0.25) is 5.02 Å². The number of aromatic nitrogens is 3. The fraction of sp³-hybridized carbons (Fsp3) is 0.211. The Labute approximate surface area is 171 Å². The number of nitrogens with one attached hydrogen (secondary N) is 1. The van der Waals surface area contributed by atoms with Crippen molar-refractivity contribution in [1.29, 1.82) is 0 Å². The topological polar surface area (TPSA) is 69.0 Å². The second-order valence-electron chi connectivity index (χ2n) is 5.93. The lowest BCUT2D eigenvalue weighted by atomic mass is 10.3. The Hall–Kier alpha value is -2.58. The molecule has 1 amide bonds. The van der Waals surface area contributed by atoms with E-state index < -0.39 is 6.10 Å². The fourth-order valence-corrected chi connectivity index (χ4v) is 3.36. The highest BCUT2D eigenvalue weighted by atomic mass is 35.5. The number of ether oxygens (including phenoxy) is 1. The zero-order valence-corrected chi connectivity index (χ0v) is 16.8. The summed E-state index contributed by atoms with van der Waals surface area (Å²) in [6.07, 6.45) is -0.394. The molecule has 1 atom stereocenters. The van der Waals surface area contributed by atoms with Gasteiger partial charge in [-0.1, -0.05) is 35.5 Å². The largest absolute Gasteiger partial charge is 0.483 e. The van der Waals surface area contributed by atoms with E-state index in [-0.39, 0.29) is 17.5 Å². The van der Waals surface area contributed by atoms with E-state index in [0.29, 0.717) is 27.4 Å². The molecule has 1 aromatic heterocycles. The van der Waals surface area contributed by atoms with Crippen LogP contribution in [-0.2, 0) is 11.8 Å². The molecular weight excluding hydrogens is 403 g/mol. The van der Waals surface area contributed by atoms with Gasteiger partial charge in [0.25, 0.3) is 0 Å². The van der Waals surface area contributed by atoms with Gasteiger partial charge in [0.15, 0.2) is 17.1 Å². The molecule has 0 fully saturated rings. The minimum Gasteiger partial charge on any atom is -0.483 e.